The molecular weight excluding hydrogens is 278 g/mol. The molecule has 0 amide bonds. The molecule has 1 N–H and O–H groups in total. The van der Waals surface area contributed by atoms with E-state index in [2.05, 4.69) is 19.2 Å². The van der Waals surface area contributed by atoms with Gasteiger partial charge in [-0.25, -0.2) is 8.42 Å². The van der Waals surface area contributed by atoms with Crippen molar-refractivity contribution in [1.29, 1.82) is 0 Å². The van der Waals surface area contributed by atoms with Crippen LogP contribution in [0.5, 0.6) is 0 Å². The van der Waals surface area contributed by atoms with Crippen LogP contribution in [0.25, 0.3) is 0 Å². The van der Waals surface area contributed by atoms with Crippen molar-refractivity contribution in [3.05, 3.63) is 0 Å². The summed E-state index contributed by atoms with van der Waals surface area (Å²) in [6.07, 6.45) is 1.70. The van der Waals surface area contributed by atoms with E-state index in [1.807, 2.05) is 0 Å². The summed E-state index contributed by atoms with van der Waals surface area (Å²) < 4.78 is 33.7. The van der Waals surface area contributed by atoms with Crippen LogP contribution in [0.15, 0.2) is 0 Å². The molecular formula is C14H29NO4S. The van der Waals surface area contributed by atoms with Crippen molar-refractivity contribution < 1.29 is 17.9 Å². The van der Waals surface area contributed by atoms with Crippen molar-refractivity contribution >= 4 is 9.84 Å². The fourth-order valence-electron chi connectivity index (χ4n) is 2.57. The molecule has 1 aliphatic heterocycles. The number of nitrogens with one attached hydrogen (secondary N) is 1. The van der Waals surface area contributed by atoms with Crippen LogP contribution in [0, 0.1) is 11.8 Å². The number of rotatable bonds is 10. The number of ether oxygens (including phenoxy) is 2. The molecule has 1 fully saturated rings. The molecule has 2 atom stereocenters. The lowest BCUT2D eigenvalue weighted by molar-refractivity contribution is 0.0600. The van der Waals surface area contributed by atoms with Crippen LogP contribution < -0.4 is 5.32 Å². The lowest BCUT2D eigenvalue weighted by Gasteiger charge is -2.24. The first-order valence-corrected chi connectivity index (χ1v) is 9.27. The first-order valence-electron chi connectivity index (χ1n) is 7.45. The average molecular weight is 307 g/mol. The Morgan fingerprint density at radius 1 is 1.25 bits per heavy atom. The molecule has 0 aliphatic carbocycles. The second kappa shape index (κ2) is 8.97. The number of sulfone groups is 1. The van der Waals surface area contributed by atoms with E-state index < -0.39 is 9.84 Å². The van der Waals surface area contributed by atoms with E-state index in [9.17, 15) is 8.42 Å². The number of hydrogen-bond donors (Lipinski definition) is 1. The second-order valence-electron chi connectivity index (χ2n) is 5.88. The summed E-state index contributed by atoms with van der Waals surface area (Å²) >= 11 is 0. The Hall–Kier alpha value is -0.170. The van der Waals surface area contributed by atoms with Gasteiger partial charge in [-0.3, -0.25) is 0 Å². The van der Waals surface area contributed by atoms with Crippen LogP contribution in [0.2, 0.25) is 0 Å². The summed E-state index contributed by atoms with van der Waals surface area (Å²) in [5, 5.41) is 3.43. The van der Waals surface area contributed by atoms with Gasteiger partial charge in [-0.05, 0) is 31.2 Å². The first-order chi connectivity index (χ1) is 9.44. The Bertz CT molecular complexity index is 356. The van der Waals surface area contributed by atoms with Gasteiger partial charge in [-0.15, -0.1) is 0 Å². The summed E-state index contributed by atoms with van der Waals surface area (Å²) in [6, 6.07) is 0.421. The number of hydrogen-bond acceptors (Lipinski definition) is 5. The third-order valence-corrected chi connectivity index (χ3v) is 5.58. The summed E-state index contributed by atoms with van der Waals surface area (Å²) in [6.45, 7) is 6.96. The summed E-state index contributed by atoms with van der Waals surface area (Å²) in [4.78, 5) is 0. The Morgan fingerprint density at radius 2 is 2.00 bits per heavy atom. The molecule has 0 radical (unpaired) electrons. The summed E-state index contributed by atoms with van der Waals surface area (Å²) in [5.41, 5.74) is 0. The molecule has 6 heteroatoms. The molecule has 0 aromatic rings. The lowest BCUT2D eigenvalue weighted by Crippen LogP contribution is -2.33. The van der Waals surface area contributed by atoms with E-state index in [-0.39, 0.29) is 5.92 Å². The Morgan fingerprint density at radius 3 is 2.55 bits per heavy atom. The Kier molecular flexibility index (Phi) is 8.02. The monoisotopic (exact) mass is 307 g/mol. The maximum atomic E-state index is 11.6. The largest absolute Gasteiger partial charge is 0.382 e. The number of methoxy groups -OCH3 is 1. The third-order valence-electron chi connectivity index (χ3n) is 3.79. The van der Waals surface area contributed by atoms with Gasteiger partial charge in [0.1, 0.15) is 0 Å². The quantitative estimate of drug-likeness (QED) is 0.612. The zero-order valence-electron chi connectivity index (χ0n) is 12.9. The van der Waals surface area contributed by atoms with Gasteiger partial charge in [-0.1, -0.05) is 13.8 Å². The molecule has 5 nitrogen and oxygen atoms in total. The maximum absolute atomic E-state index is 11.6. The third kappa shape index (κ3) is 7.02. The molecule has 0 bridgehead atoms. The molecule has 0 aromatic heterocycles. The average Bonchev–Trinajstić information content (AvgIpc) is 2.73. The van der Waals surface area contributed by atoms with Crippen molar-refractivity contribution in [1.82, 2.24) is 5.32 Å². The molecule has 2 unspecified atom stereocenters. The van der Waals surface area contributed by atoms with Gasteiger partial charge >= 0.3 is 0 Å². The molecule has 1 saturated heterocycles. The summed E-state index contributed by atoms with van der Waals surface area (Å²) in [5.74, 6) is 1.34. The van der Waals surface area contributed by atoms with Gasteiger partial charge < -0.3 is 14.8 Å². The molecule has 1 heterocycles. The van der Waals surface area contributed by atoms with Gasteiger partial charge in [0.25, 0.3) is 0 Å². The van der Waals surface area contributed by atoms with Crippen molar-refractivity contribution in [3.63, 3.8) is 0 Å². The first kappa shape index (κ1) is 17.9. The van der Waals surface area contributed by atoms with E-state index in [0.717, 1.165) is 19.4 Å². The zero-order chi connectivity index (χ0) is 15.0. The van der Waals surface area contributed by atoms with Crippen LogP contribution in [0.1, 0.15) is 26.7 Å². The van der Waals surface area contributed by atoms with E-state index in [1.165, 1.54) is 0 Å². The van der Waals surface area contributed by atoms with Crippen LogP contribution in [0.3, 0.4) is 0 Å². The normalized spacial score (nSPS) is 23.3. The minimum absolute atomic E-state index is 0.275. The summed E-state index contributed by atoms with van der Waals surface area (Å²) in [7, 11) is -1.15. The van der Waals surface area contributed by atoms with Crippen molar-refractivity contribution in [3.8, 4) is 0 Å². The lowest BCUT2D eigenvalue weighted by atomic mass is 9.89. The van der Waals surface area contributed by atoms with Gasteiger partial charge in [0, 0.05) is 19.8 Å². The van der Waals surface area contributed by atoms with E-state index in [0.29, 0.717) is 43.3 Å². The molecule has 20 heavy (non-hydrogen) atoms. The van der Waals surface area contributed by atoms with Gasteiger partial charge in [0.05, 0.1) is 24.7 Å². The predicted octanol–water partition coefficient (Wildman–Crippen LogP) is 1.09. The van der Waals surface area contributed by atoms with Crippen LogP contribution in [0.4, 0.5) is 0 Å². The fraction of sp³-hybridized carbons (Fsp3) is 1.00. The topological polar surface area (TPSA) is 64.6 Å². The predicted molar refractivity (Wildman–Crippen MR) is 80.7 cm³/mol. The standard InChI is InChI=1S/C14H29NO4S/c1-12(2)15-10-13(4-6-19-8-7-18-3)14-5-9-20(16,17)11-14/h12-15H,4-11H2,1-3H3. The van der Waals surface area contributed by atoms with Crippen molar-refractivity contribution in [2.45, 2.75) is 32.7 Å². The van der Waals surface area contributed by atoms with Crippen LogP contribution in [-0.4, -0.2) is 59.4 Å². The van der Waals surface area contributed by atoms with Crippen LogP contribution in [-0.2, 0) is 19.3 Å². The highest BCUT2D eigenvalue weighted by Gasteiger charge is 2.33. The van der Waals surface area contributed by atoms with Crippen LogP contribution >= 0.6 is 0 Å². The highest BCUT2D eigenvalue weighted by atomic mass is 32.2. The van der Waals surface area contributed by atoms with E-state index >= 15 is 0 Å². The highest BCUT2D eigenvalue weighted by molar-refractivity contribution is 7.91. The highest BCUT2D eigenvalue weighted by Crippen LogP contribution is 2.28. The minimum atomic E-state index is -2.81. The molecule has 120 valence electrons. The van der Waals surface area contributed by atoms with Gasteiger partial charge in [-0.2, -0.15) is 0 Å². The van der Waals surface area contributed by atoms with Gasteiger partial charge in [0.2, 0.25) is 0 Å². The van der Waals surface area contributed by atoms with Crippen molar-refractivity contribution in [2.75, 3.05) is 45.0 Å². The zero-order valence-corrected chi connectivity index (χ0v) is 13.7. The molecule has 1 aliphatic rings. The van der Waals surface area contributed by atoms with Gasteiger partial charge in [0.15, 0.2) is 9.84 Å². The van der Waals surface area contributed by atoms with E-state index in [1.54, 1.807) is 7.11 Å². The molecule has 0 saturated carbocycles. The Labute approximate surface area is 123 Å². The van der Waals surface area contributed by atoms with Crippen molar-refractivity contribution in [2.24, 2.45) is 11.8 Å². The van der Waals surface area contributed by atoms with E-state index in [4.69, 9.17) is 9.47 Å². The maximum Gasteiger partial charge on any atom is 0.150 e. The minimum Gasteiger partial charge on any atom is -0.382 e. The molecule has 0 aromatic carbocycles. The second-order valence-corrected chi connectivity index (χ2v) is 8.11. The SMILES string of the molecule is COCCOCCC(CNC(C)C)C1CCS(=O)(=O)C1. The molecule has 0 spiro atoms. The molecule has 1 rings (SSSR count). The Balaban J connectivity index is 2.39. The fourth-order valence-corrected chi connectivity index (χ4v) is 4.49. The smallest absolute Gasteiger partial charge is 0.150 e.